The lowest BCUT2D eigenvalue weighted by atomic mass is 9.94. The van der Waals surface area contributed by atoms with Gasteiger partial charge in [0.15, 0.2) is 0 Å². The first-order valence-electron chi connectivity index (χ1n) is 6.54. The van der Waals surface area contributed by atoms with E-state index in [2.05, 4.69) is 6.92 Å². The van der Waals surface area contributed by atoms with Crippen LogP contribution in [0.15, 0.2) is 23.1 Å². The lowest BCUT2D eigenvalue weighted by Gasteiger charge is -2.37. The summed E-state index contributed by atoms with van der Waals surface area (Å²) in [6.07, 6.45) is 1.60. The van der Waals surface area contributed by atoms with Crippen LogP contribution in [0.25, 0.3) is 0 Å². The van der Waals surface area contributed by atoms with Gasteiger partial charge in [0.1, 0.15) is 4.90 Å². The number of hydrogen-bond donors (Lipinski definition) is 1. The standard InChI is InChI=1S/C13H18Cl2N2O2S.ClH/c1-9-5-6-17(10(7-9)8-16)20(18,19)12-4-2-3-11(14)13(12)15;/h2-4,9-10H,5-8,16H2,1H3;1H. The molecule has 1 saturated heterocycles. The maximum atomic E-state index is 12.8. The summed E-state index contributed by atoms with van der Waals surface area (Å²) in [6, 6.07) is 4.46. The molecule has 0 spiro atoms. The molecule has 21 heavy (non-hydrogen) atoms. The molecule has 0 saturated carbocycles. The molecular weight excluding hydrogens is 355 g/mol. The van der Waals surface area contributed by atoms with Crippen LogP contribution in [0.4, 0.5) is 0 Å². The second-order valence-corrected chi connectivity index (χ2v) is 7.83. The monoisotopic (exact) mass is 372 g/mol. The van der Waals surface area contributed by atoms with Gasteiger partial charge in [0.2, 0.25) is 10.0 Å². The van der Waals surface area contributed by atoms with E-state index in [0.29, 0.717) is 19.0 Å². The third-order valence-corrected chi connectivity index (χ3v) is 6.62. The minimum Gasteiger partial charge on any atom is -0.329 e. The Balaban J connectivity index is 0.00000220. The lowest BCUT2D eigenvalue weighted by molar-refractivity contribution is 0.211. The molecule has 1 aromatic carbocycles. The second kappa shape index (κ2) is 7.49. The van der Waals surface area contributed by atoms with Gasteiger partial charge in [0.25, 0.3) is 0 Å². The summed E-state index contributed by atoms with van der Waals surface area (Å²) in [5.74, 6) is 0.477. The van der Waals surface area contributed by atoms with E-state index in [4.69, 9.17) is 28.9 Å². The van der Waals surface area contributed by atoms with Crippen molar-refractivity contribution in [3.05, 3.63) is 28.2 Å². The Labute approximate surface area is 142 Å². The van der Waals surface area contributed by atoms with Gasteiger partial charge in [0.05, 0.1) is 10.0 Å². The molecule has 2 atom stereocenters. The van der Waals surface area contributed by atoms with Crippen molar-refractivity contribution in [2.75, 3.05) is 13.1 Å². The van der Waals surface area contributed by atoms with Crippen LogP contribution in [-0.4, -0.2) is 31.9 Å². The normalized spacial score (nSPS) is 23.6. The molecule has 0 radical (unpaired) electrons. The molecule has 2 unspecified atom stereocenters. The van der Waals surface area contributed by atoms with Crippen LogP contribution in [-0.2, 0) is 10.0 Å². The molecule has 0 aromatic heterocycles. The average Bonchev–Trinajstić information content (AvgIpc) is 2.41. The zero-order valence-corrected chi connectivity index (χ0v) is 14.8. The minimum absolute atomic E-state index is 0. The van der Waals surface area contributed by atoms with Gasteiger partial charge < -0.3 is 5.73 Å². The Morgan fingerprint density at radius 3 is 2.67 bits per heavy atom. The van der Waals surface area contributed by atoms with Crippen molar-refractivity contribution in [2.24, 2.45) is 11.7 Å². The molecule has 0 aliphatic carbocycles. The van der Waals surface area contributed by atoms with Crippen LogP contribution in [0.5, 0.6) is 0 Å². The van der Waals surface area contributed by atoms with Gasteiger partial charge >= 0.3 is 0 Å². The molecule has 2 rings (SSSR count). The summed E-state index contributed by atoms with van der Waals surface area (Å²) < 4.78 is 27.0. The quantitative estimate of drug-likeness (QED) is 0.885. The third-order valence-electron chi connectivity index (χ3n) is 3.70. The van der Waals surface area contributed by atoms with E-state index < -0.39 is 10.0 Å². The van der Waals surface area contributed by atoms with Gasteiger partial charge in [-0.1, -0.05) is 36.2 Å². The molecule has 0 amide bonds. The zero-order chi connectivity index (χ0) is 14.9. The molecule has 4 nitrogen and oxygen atoms in total. The summed E-state index contributed by atoms with van der Waals surface area (Å²) in [7, 11) is -3.66. The second-order valence-electron chi connectivity index (χ2n) is 5.19. The van der Waals surface area contributed by atoms with Crippen LogP contribution < -0.4 is 5.73 Å². The molecular formula is C13H19Cl3N2O2S. The summed E-state index contributed by atoms with van der Waals surface area (Å²) in [4.78, 5) is 0.0552. The van der Waals surface area contributed by atoms with E-state index in [1.165, 1.54) is 10.4 Å². The highest BCUT2D eigenvalue weighted by molar-refractivity contribution is 7.89. The molecule has 120 valence electrons. The SMILES string of the molecule is CC1CCN(S(=O)(=O)c2cccc(Cl)c2Cl)C(CN)C1.Cl. The average molecular weight is 374 g/mol. The van der Waals surface area contributed by atoms with Gasteiger partial charge in [0, 0.05) is 19.1 Å². The molecule has 1 aliphatic heterocycles. The zero-order valence-electron chi connectivity index (χ0n) is 11.6. The summed E-state index contributed by atoms with van der Waals surface area (Å²) >= 11 is 12.0. The topological polar surface area (TPSA) is 63.4 Å². The molecule has 1 aromatic rings. The first-order chi connectivity index (χ1) is 9.37. The van der Waals surface area contributed by atoms with Crippen molar-refractivity contribution >= 4 is 45.6 Å². The summed E-state index contributed by atoms with van der Waals surface area (Å²) in [6.45, 7) is 2.88. The number of sulfonamides is 1. The molecule has 1 aliphatic rings. The van der Waals surface area contributed by atoms with E-state index in [1.54, 1.807) is 12.1 Å². The number of hydrogen-bond acceptors (Lipinski definition) is 3. The fraction of sp³-hybridized carbons (Fsp3) is 0.538. The van der Waals surface area contributed by atoms with Crippen molar-refractivity contribution in [3.63, 3.8) is 0 Å². The lowest BCUT2D eigenvalue weighted by Crippen LogP contribution is -2.49. The molecule has 2 N–H and O–H groups in total. The van der Waals surface area contributed by atoms with Gasteiger partial charge in [-0.25, -0.2) is 8.42 Å². The number of nitrogens with zero attached hydrogens (tertiary/aromatic N) is 1. The van der Waals surface area contributed by atoms with Crippen molar-refractivity contribution in [2.45, 2.75) is 30.7 Å². The molecule has 1 heterocycles. The van der Waals surface area contributed by atoms with Gasteiger partial charge in [-0.05, 0) is 30.9 Å². The Hall–Kier alpha value is -0.0400. The van der Waals surface area contributed by atoms with E-state index in [-0.39, 0.29) is 33.4 Å². The molecule has 8 heteroatoms. The fourth-order valence-corrected chi connectivity index (χ4v) is 4.97. The Bertz CT molecular complexity index is 595. The van der Waals surface area contributed by atoms with Crippen LogP contribution in [0.2, 0.25) is 10.0 Å². The predicted octanol–water partition coefficient (Wildman–Crippen LogP) is 3.16. The van der Waals surface area contributed by atoms with E-state index in [9.17, 15) is 8.42 Å². The highest BCUT2D eigenvalue weighted by atomic mass is 35.5. The molecule has 1 fully saturated rings. The van der Waals surface area contributed by atoms with Gasteiger partial charge in [-0.3, -0.25) is 0 Å². The first-order valence-corrected chi connectivity index (χ1v) is 8.73. The van der Waals surface area contributed by atoms with Crippen molar-refractivity contribution in [1.82, 2.24) is 4.31 Å². The Kier molecular flexibility index (Phi) is 6.78. The number of halogens is 3. The van der Waals surface area contributed by atoms with E-state index in [1.807, 2.05) is 0 Å². The summed E-state index contributed by atoms with van der Waals surface area (Å²) in [5, 5.41) is 0.311. The first kappa shape index (κ1) is 19.0. The van der Waals surface area contributed by atoms with Crippen molar-refractivity contribution < 1.29 is 8.42 Å². The minimum atomic E-state index is -3.66. The maximum Gasteiger partial charge on any atom is 0.244 e. The fourth-order valence-electron chi connectivity index (χ4n) is 2.57. The Morgan fingerprint density at radius 2 is 2.05 bits per heavy atom. The van der Waals surface area contributed by atoms with Crippen molar-refractivity contribution in [3.8, 4) is 0 Å². The maximum absolute atomic E-state index is 12.8. The van der Waals surface area contributed by atoms with E-state index in [0.717, 1.165) is 12.8 Å². The smallest absolute Gasteiger partial charge is 0.244 e. The Morgan fingerprint density at radius 1 is 1.38 bits per heavy atom. The largest absolute Gasteiger partial charge is 0.329 e. The highest BCUT2D eigenvalue weighted by Crippen LogP contribution is 2.34. The summed E-state index contributed by atoms with van der Waals surface area (Å²) in [5.41, 5.74) is 5.73. The predicted molar refractivity (Wildman–Crippen MR) is 88.8 cm³/mol. The number of benzene rings is 1. The van der Waals surface area contributed by atoms with Crippen LogP contribution in [0, 0.1) is 5.92 Å². The van der Waals surface area contributed by atoms with Crippen LogP contribution >= 0.6 is 35.6 Å². The van der Waals surface area contributed by atoms with Gasteiger partial charge in [-0.2, -0.15) is 4.31 Å². The van der Waals surface area contributed by atoms with Gasteiger partial charge in [-0.15, -0.1) is 12.4 Å². The number of rotatable bonds is 3. The van der Waals surface area contributed by atoms with Crippen molar-refractivity contribution in [1.29, 1.82) is 0 Å². The number of nitrogens with two attached hydrogens (primary N) is 1. The van der Waals surface area contributed by atoms with Crippen LogP contribution in [0.3, 0.4) is 0 Å². The van der Waals surface area contributed by atoms with Crippen LogP contribution in [0.1, 0.15) is 19.8 Å². The number of piperidine rings is 1. The molecule has 0 bridgehead atoms. The highest BCUT2D eigenvalue weighted by Gasteiger charge is 2.36. The third kappa shape index (κ3) is 3.84. The van der Waals surface area contributed by atoms with E-state index >= 15 is 0 Å².